The van der Waals surface area contributed by atoms with Gasteiger partial charge in [0.2, 0.25) is 0 Å². The Morgan fingerprint density at radius 3 is 2.73 bits per heavy atom. The second-order valence-electron chi connectivity index (χ2n) is 3.61. The van der Waals surface area contributed by atoms with Crippen molar-refractivity contribution in [3.63, 3.8) is 0 Å². The van der Waals surface area contributed by atoms with Crippen molar-refractivity contribution in [1.82, 2.24) is 10.3 Å². The third-order valence-corrected chi connectivity index (χ3v) is 3.97. The molecule has 1 N–H and O–H groups in total. The molecule has 0 saturated heterocycles. The van der Waals surface area contributed by atoms with E-state index in [2.05, 4.69) is 10.3 Å². The lowest BCUT2D eigenvalue weighted by molar-refractivity contribution is 0.574. The Morgan fingerprint density at radius 1 is 1.60 bits per heavy atom. The van der Waals surface area contributed by atoms with Crippen LogP contribution < -0.4 is 5.32 Å². The molecule has 0 bridgehead atoms. The lowest BCUT2D eigenvalue weighted by Crippen LogP contribution is -2.25. The SMILES string of the molecule is Cc1cnc(C(C)NCCS(C)(=O)=O)s1. The molecule has 0 amide bonds. The molecule has 1 aromatic heterocycles. The average molecular weight is 248 g/mol. The van der Waals surface area contributed by atoms with Crippen molar-refractivity contribution in [3.8, 4) is 0 Å². The van der Waals surface area contributed by atoms with Crippen LogP contribution in [0, 0.1) is 6.92 Å². The van der Waals surface area contributed by atoms with E-state index in [1.165, 1.54) is 11.1 Å². The highest BCUT2D eigenvalue weighted by molar-refractivity contribution is 7.90. The highest BCUT2D eigenvalue weighted by Crippen LogP contribution is 2.18. The van der Waals surface area contributed by atoms with Gasteiger partial charge in [-0.15, -0.1) is 11.3 Å². The van der Waals surface area contributed by atoms with Crippen LogP contribution in [0.2, 0.25) is 0 Å². The maximum absolute atomic E-state index is 10.9. The zero-order valence-corrected chi connectivity index (χ0v) is 10.8. The monoisotopic (exact) mass is 248 g/mol. The van der Waals surface area contributed by atoms with Crippen LogP contribution in [0.4, 0.5) is 0 Å². The zero-order valence-electron chi connectivity index (χ0n) is 9.15. The Morgan fingerprint density at radius 2 is 2.27 bits per heavy atom. The quantitative estimate of drug-likeness (QED) is 0.849. The van der Waals surface area contributed by atoms with Crippen LogP contribution >= 0.6 is 11.3 Å². The van der Waals surface area contributed by atoms with Crippen LogP contribution in [-0.4, -0.2) is 32.0 Å². The van der Waals surface area contributed by atoms with Crippen LogP contribution in [0.5, 0.6) is 0 Å². The van der Waals surface area contributed by atoms with E-state index >= 15 is 0 Å². The van der Waals surface area contributed by atoms with Gasteiger partial charge in [0.1, 0.15) is 14.8 Å². The Hall–Kier alpha value is -0.460. The molecule has 0 radical (unpaired) electrons. The number of hydrogen-bond acceptors (Lipinski definition) is 5. The van der Waals surface area contributed by atoms with Gasteiger partial charge >= 0.3 is 0 Å². The minimum atomic E-state index is -2.88. The highest BCUT2D eigenvalue weighted by Gasteiger charge is 2.09. The zero-order chi connectivity index (χ0) is 11.5. The predicted octanol–water partition coefficient (Wildman–Crippen LogP) is 1.15. The fraction of sp³-hybridized carbons (Fsp3) is 0.667. The molecule has 0 aliphatic carbocycles. The molecule has 1 heterocycles. The van der Waals surface area contributed by atoms with Crippen LogP contribution in [0.3, 0.4) is 0 Å². The predicted molar refractivity (Wildman–Crippen MR) is 63.0 cm³/mol. The minimum Gasteiger partial charge on any atom is -0.307 e. The van der Waals surface area contributed by atoms with Crippen LogP contribution in [0.15, 0.2) is 6.20 Å². The molecule has 0 aromatic carbocycles. The molecule has 6 heteroatoms. The van der Waals surface area contributed by atoms with E-state index in [9.17, 15) is 8.42 Å². The molecule has 1 unspecified atom stereocenters. The lowest BCUT2D eigenvalue weighted by atomic mass is 10.3. The van der Waals surface area contributed by atoms with Gasteiger partial charge in [-0.25, -0.2) is 13.4 Å². The summed E-state index contributed by atoms with van der Waals surface area (Å²) in [6, 6.07) is 0.116. The summed E-state index contributed by atoms with van der Waals surface area (Å²) in [5.74, 6) is 0.168. The Labute approximate surface area is 94.7 Å². The summed E-state index contributed by atoms with van der Waals surface area (Å²) in [6.45, 7) is 4.46. The summed E-state index contributed by atoms with van der Waals surface area (Å²) in [4.78, 5) is 5.41. The third kappa shape index (κ3) is 4.72. The van der Waals surface area contributed by atoms with Gasteiger partial charge in [-0.05, 0) is 13.8 Å². The summed E-state index contributed by atoms with van der Waals surface area (Å²) in [5.41, 5.74) is 0. The van der Waals surface area contributed by atoms with E-state index in [-0.39, 0.29) is 11.8 Å². The number of aromatic nitrogens is 1. The van der Waals surface area contributed by atoms with Crippen LogP contribution in [-0.2, 0) is 9.84 Å². The minimum absolute atomic E-state index is 0.116. The Kier molecular flexibility index (Phi) is 4.24. The van der Waals surface area contributed by atoms with Gasteiger partial charge in [-0.2, -0.15) is 0 Å². The van der Waals surface area contributed by atoms with Gasteiger partial charge in [0.05, 0.1) is 11.8 Å². The Balaban J connectivity index is 2.40. The molecular weight excluding hydrogens is 232 g/mol. The molecular formula is C9H16N2O2S2. The van der Waals surface area contributed by atoms with Crippen LogP contribution in [0.1, 0.15) is 22.9 Å². The maximum atomic E-state index is 10.9. The lowest BCUT2D eigenvalue weighted by Gasteiger charge is -2.09. The van der Waals surface area contributed by atoms with Crippen molar-refractivity contribution in [2.75, 3.05) is 18.6 Å². The fourth-order valence-electron chi connectivity index (χ4n) is 1.12. The first-order valence-electron chi connectivity index (χ1n) is 4.72. The van der Waals surface area contributed by atoms with Gasteiger partial charge in [0.25, 0.3) is 0 Å². The first-order valence-corrected chi connectivity index (χ1v) is 7.59. The van der Waals surface area contributed by atoms with Gasteiger partial charge in [-0.1, -0.05) is 0 Å². The average Bonchev–Trinajstić information content (AvgIpc) is 2.49. The summed E-state index contributed by atoms with van der Waals surface area (Å²) >= 11 is 1.63. The molecule has 15 heavy (non-hydrogen) atoms. The number of rotatable bonds is 5. The smallest absolute Gasteiger partial charge is 0.148 e. The summed E-state index contributed by atoms with van der Waals surface area (Å²) in [7, 11) is -2.88. The highest BCUT2D eigenvalue weighted by atomic mass is 32.2. The molecule has 1 rings (SSSR count). The van der Waals surface area contributed by atoms with Crippen molar-refractivity contribution >= 4 is 21.2 Å². The molecule has 1 aromatic rings. The van der Waals surface area contributed by atoms with E-state index in [1.807, 2.05) is 20.0 Å². The van der Waals surface area contributed by atoms with Crippen LogP contribution in [0.25, 0.3) is 0 Å². The molecule has 4 nitrogen and oxygen atoms in total. The maximum Gasteiger partial charge on any atom is 0.148 e. The van der Waals surface area contributed by atoms with Crippen molar-refractivity contribution in [1.29, 1.82) is 0 Å². The molecule has 86 valence electrons. The largest absolute Gasteiger partial charge is 0.307 e. The van der Waals surface area contributed by atoms with Crippen molar-refractivity contribution in [2.45, 2.75) is 19.9 Å². The van der Waals surface area contributed by atoms with Crippen molar-refractivity contribution < 1.29 is 8.42 Å². The third-order valence-electron chi connectivity index (χ3n) is 1.93. The molecule has 0 fully saturated rings. The number of aryl methyl sites for hydroxylation is 1. The number of sulfone groups is 1. The normalized spacial score (nSPS) is 14.1. The van der Waals surface area contributed by atoms with E-state index in [0.29, 0.717) is 6.54 Å². The number of nitrogens with one attached hydrogen (secondary N) is 1. The number of nitrogens with zero attached hydrogens (tertiary/aromatic N) is 1. The van der Waals surface area contributed by atoms with Gasteiger partial charge in [0, 0.05) is 23.9 Å². The topological polar surface area (TPSA) is 59.1 Å². The summed E-state index contributed by atoms with van der Waals surface area (Å²) in [5, 5.41) is 4.14. The molecule has 1 atom stereocenters. The van der Waals surface area contributed by atoms with Gasteiger partial charge in [-0.3, -0.25) is 0 Å². The molecule has 0 saturated carbocycles. The van der Waals surface area contributed by atoms with Gasteiger partial charge < -0.3 is 5.32 Å². The second kappa shape index (κ2) is 5.05. The molecule has 0 aliphatic rings. The summed E-state index contributed by atoms with van der Waals surface area (Å²) < 4.78 is 21.8. The number of thiazole rings is 1. The van der Waals surface area contributed by atoms with E-state index in [1.54, 1.807) is 11.3 Å². The van der Waals surface area contributed by atoms with Crippen molar-refractivity contribution in [2.24, 2.45) is 0 Å². The summed E-state index contributed by atoms with van der Waals surface area (Å²) in [6.07, 6.45) is 3.07. The first kappa shape index (κ1) is 12.6. The van der Waals surface area contributed by atoms with Gasteiger partial charge in [0.15, 0.2) is 0 Å². The fourth-order valence-corrected chi connectivity index (χ4v) is 2.41. The first-order chi connectivity index (χ1) is 6.88. The molecule has 0 aliphatic heterocycles. The second-order valence-corrected chi connectivity index (χ2v) is 7.14. The standard InChI is InChI=1S/C9H16N2O2S2/c1-7-6-11-9(14-7)8(2)10-4-5-15(3,12)13/h6,8,10H,4-5H2,1-3H3. The van der Waals surface area contributed by atoms with E-state index < -0.39 is 9.84 Å². The number of hydrogen-bond donors (Lipinski definition) is 1. The Bertz CT molecular complexity index is 412. The van der Waals surface area contributed by atoms with E-state index in [0.717, 1.165) is 5.01 Å². The molecule has 0 spiro atoms. The van der Waals surface area contributed by atoms with E-state index in [4.69, 9.17) is 0 Å². The van der Waals surface area contributed by atoms with Crippen molar-refractivity contribution in [3.05, 3.63) is 16.1 Å².